The van der Waals surface area contributed by atoms with E-state index in [9.17, 15) is 13.2 Å². The number of amides is 1. The van der Waals surface area contributed by atoms with Gasteiger partial charge in [0.2, 0.25) is 0 Å². The molecule has 0 spiro atoms. The number of carbonyl (C=O) groups excluding carboxylic acids is 1. The van der Waals surface area contributed by atoms with Crippen molar-refractivity contribution in [2.75, 3.05) is 50.7 Å². The fourth-order valence-electron chi connectivity index (χ4n) is 3.47. The topological polar surface area (TPSA) is 79.0 Å². The third kappa shape index (κ3) is 4.90. The van der Waals surface area contributed by atoms with Gasteiger partial charge in [0, 0.05) is 37.9 Å². The van der Waals surface area contributed by atoms with Gasteiger partial charge in [-0.2, -0.15) is 0 Å². The summed E-state index contributed by atoms with van der Waals surface area (Å²) in [5, 5.41) is 3.82. The number of ether oxygens (including phenoxy) is 1. The minimum Gasteiger partial charge on any atom is -0.379 e. The highest BCUT2D eigenvalue weighted by Crippen LogP contribution is 2.31. The highest BCUT2D eigenvalue weighted by Gasteiger charge is 2.21. The van der Waals surface area contributed by atoms with Gasteiger partial charge in [0.15, 0.2) is 0 Å². The molecule has 9 heteroatoms. The molecule has 2 aromatic carbocycles. The zero-order valence-electron chi connectivity index (χ0n) is 17.3. The van der Waals surface area contributed by atoms with E-state index in [1.807, 2.05) is 12.1 Å². The summed E-state index contributed by atoms with van der Waals surface area (Å²) in [6.07, 6.45) is 0. The highest BCUT2D eigenvalue weighted by molar-refractivity contribution is 7.92. The first-order valence-corrected chi connectivity index (χ1v) is 12.4. The van der Waals surface area contributed by atoms with Crippen molar-refractivity contribution in [1.29, 1.82) is 0 Å². The van der Waals surface area contributed by atoms with Gasteiger partial charge in [-0.3, -0.25) is 14.0 Å². The lowest BCUT2D eigenvalue weighted by atomic mass is 10.2. The van der Waals surface area contributed by atoms with Crippen molar-refractivity contribution in [3.05, 3.63) is 59.5 Å². The maximum atomic E-state index is 12.9. The number of hydrogen-bond donors (Lipinski definition) is 1. The number of anilines is 1. The van der Waals surface area contributed by atoms with E-state index in [0.717, 1.165) is 42.9 Å². The van der Waals surface area contributed by atoms with Crippen molar-refractivity contribution in [3.63, 3.8) is 0 Å². The van der Waals surface area contributed by atoms with Crippen LogP contribution in [0.5, 0.6) is 0 Å². The Kier molecular flexibility index (Phi) is 6.57. The molecular formula is C22H25N3O4S2. The summed E-state index contributed by atoms with van der Waals surface area (Å²) in [6, 6.07) is 15.6. The fraction of sp³-hybridized carbons (Fsp3) is 0.318. The van der Waals surface area contributed by atoms with E-state index >= 15 is 0 Å². The first-order valence-electron chi connectivity index (χ1n) is 10.1. The van der Waals surface area contributed by atoms with Crippen LogP contribution in [0.1, 0.15) is 9.67 Å². The molecule has 1 fully saturated rings. The molecule has 7 nitrogen and oxygen atoms in total. The maximum Gasteiger partial charge on any atom is 0.264 e. The number of rotatable bonds is 7. The molecule has 4 rings (SSSR count). The van der Waals surface area contributed by atoms with Crippen molar-refractivity contribution in [2.24, 2.45) is 0 Å². The first kappa shape index (κ1) is 21.8. The summed E-state index contributed by atoms with van der Waals surface area (Å²) in [6.45, 7) is 4.63. The smallest absolute Gasteiger partial charge is 0.264 e. The summed E-state index contributed by atoms with van der Waals surface area (Å²) < 4.78 is 33.3. The Bertz CT molecular complexity index is 1160. The van der Waals surface area contributed by atoms with Gasteiger partial charge in [-0.05, 0) is 41.8 Å². The minimum atomic E-state index is -3.65. The summed E-state index contributed by atoms with van der Waals surface area (Å²) in [5.41, 5.74) is 0.549. The summed E-state index contributed by atoms with van der Waals surface area (Å²) >= 11 is 1.40. The quantitative estimate of drug-likeness (QED) is 0.588. The Morgan fingerprint density at radius 1 is 1.13 bits per heavy atom. The number of benzene rings is 2. The molecule has 3 aromatic rings. The number of nitrogens with zero attached hydrogens (tertiary/aromatic N) is 2. The van der Waals surface area contributed by atoms with Gasteiger partial charge < -0.3 is 10.1 Å². The number of nitrogens with one attached hydrogen (secondary N) is 1. The van der Waals surface area contributed by atoms with E-state index in [1.54, 1.807) is 42.5 Å². The van der Waals surface area contributed by atoms with Crippen LogP contribution in [0, 0.1) is 0 Å². The number of sulfonamides is 1. The number of morpholine rings is 1. The highest BCUT2D eigenvalue weighted by atomic mass is 32.2. The van der Waals surface area contributed by atoms with Crippen LogP contribution in [0.15, 0.2) is 59.5 Å². The van der Waals surface area contributed by atoms with Crippen LogP contribution in [-0.2, 0) is 14.8 Å². The Balaban J connectivity index is 1.45. The molecule has 1 N–H and O–H groups in total. The Morgan fingerprint density at radius 3 is 2.61 bits per heavy atom. The number of fused-ring (bicyclic) bond motifs is 1. The molecule has 1 amide bonds. The summed E-state index contributed by atoms with van der Waals surface area (Å²) in [5.74, 6) is -0.110. The van der Waals surface area contributed by atoms with Crippen LogP contribution in [0.3, 0.4) is 0 Å². The van der Waals surface area contributed by atoms with Gasteiger partial charge in [0.1, 0.15) is 0 Å². The second-order valence-corrected chi connectivity index (χ2v) is 10.4. The van der Waals surface area contributed by atoms with Gasteiger partial charge in [-0.25, -0.2) is 8.42 Å². The van der Waals surface area contributed by atoms with E-state index < -0.39 is 10.0 Å². The third-order valence-electron chi connectivity index (χ3n) is 5.31. The lowest BCUT2D eigenvalue weighted by molar-refractivity contribution is 0.0383. The van der Waals surface area contributed by atoms with Crippen LogP contribution >= 0.6 is 11.3 Å². The Morgan fingerprint density at radius 2 is 1.87 bits per heavy atom. The molecule has 31 heavy (non-hydrogen) atoms. The predicted octanol–water partition coefficient (Wildman–Crippen LogP) is 2.79. The molecule has 1 aliphatic heterocycles. The van der Waals surface area contributed by atoms with Crippen molar-refractivity contribution in [3.8, 4) is 0 Å². The molecule has 0 bridgehead atoms. The molecule has 0 radical (unpaired) electrons. The minimum absolute atomic E-state index is 0.110. The molecule has 0 unspecified atom stereocenters. The second kappa shape index (κ2) is 9.35. The maximum absolute atomic E-state index is 12.9. The van der Waals surface area contributed by atoms with E-state index in [-0.39, 0.29) is 10.8 Å². The molecule has 1 saturated heterocycles. The largest absolute Gasteiger partial charge is 0.379 e. The number of carbonyl (C=O) groups is 1. The van der Waals surface area contributed by atoms with Crippen molar-refractivity contribution < 1.29 is 17.9 Å². The molecule has 1 aliphatic rings. The molecule has 0 aliphatic carbocycles. The second-order valence-electron chi connectivity index (χ2n) is 7.33. The van der Waals surface area contributed by atoms with Gasteiger partial charge in [-0.15, -0.1) is 11.3 Å². The van der Waals surface area contributed by atoms with E-state index in [4.69, 9.17) is 4.74 Å². The van der Waals surface area contributed by atoms with E-state index in [1.165, 1.54) is 22.7 Å². The molecule has 0 saturated carbocycles. The van der Waals surface area contributed by atoms with Crippen LogP contribution in [0.4, 0.5) is 5.69 Å². The molecule has 2 heterocycles. The van der Waals surface area contributed by atoms with Gasteiger partial charge >= 0.3 is 0 Å². The number of thiophene rings is 1. The van der Waals surface area contributed by atoms with Crippen molar-refractivity contribution in [1.82, 2.24) is 10.2 Å². The van der Waals surface area contributed by atoms with Crippen molar-refractivity contribution in [2.45, 2.75) is 4.90 Å². The Hall–Kier alpha value is -2.46. The summed E-state index contributed by atoms with van der Waals surface area (Å²) in [4.78, 5) is 15.7. The number of hydrogen-bond acceptors (Lipinski definition) is 6. The average molecular weight is 460 g/mol. The van der Waals surface area contributed by atoms with Gasteiger partial charge in [0.05, 0.1) is 28.7 Å². The van der Waals surface area contributed by atoms with Crippen LogP contribution in [-0.4, -0.2) is 65.7 Å². The van der Waals surface area contributed by atoms with Crippen molar-refractivity contribution >= 4 is 43.0 Å². The lowest BCUT2D eigenvalue weighted by Crippen LogP contribution is -2.41. The molecular weight excluding hydrogens is 434 g/mol. The first-order chi connectivity index (χ1) is 14.9. The summed E-state index contributed by atoms with van der Waals surface area (Å²) in [7, 11) is -2.11. The van der Waals surface area contributed by atoms with Gasteiger partial charge in [-0.1, -0.05) is 18.2 Å². The standard InChI is InChI=1S/C22H25N3O4S2/c1-24(31(27,28)19-5-3-2-4-6-19)18-7-8-20-17(15-18)16-21(30-20)22(26)23-9-10-25-11-13-29-14-12-25/h2-8,15-16H,9-14H2,1H3,(H,23,26). The third-order valence-corrected chi connectivity index (χ3v) is 8.22. The SMILES string of the molecule is CN(c1ccc2sc(C(=O)NCCN3CCOCC3)cc2c1)S(=O)(=O)c1ccccc1. The van der Waals surface area contributed by atoms with E-state index in [2.05, 4.69) is 10.2 Å². The van der Waals surface area contributed by atoms with E-state index in [0.29, 0.717) is 17.1 Å². The molecule has 0 atom stereocenters. The van der Waals surface area contributed by atoms with Crippen LogP contribution in [0.2, 0.25) is 0 Å². The normalized spacial score (nSPS) is 15.1. The zero-order chi connectivity index (χ0) is 21.8. The Labute approximate surface area is 186 Å². The van der Waals surface area contributed by atoms with Crippen LogP contribution < -0.4 is 9.62 Å². The zero-order valence-corrected chi connectivity index (χ0v) is 18.9. The predicted molar refractivity (Wildman–Crippen MR) is 123 cm³/mol. The molecule has 1 aromatic heterocycles. The van der Waals surface area contributed by atoms with Gasteiger partial charge in [0.25, 0.3) is 15.9 Å². The lowest BCUT2D eigenvalue weighted by Gasteiger charge is -2.26. The fourth-order valence-corrected chi connectivity index (χ4v) is 5.64. The monoisotopic (exact) mass is 459 g/mol. The molecule has 164 valence electrons. The van der Waals surface area contributed by atoms with Crippen LogP contribution in [0.25, 0.3) is 10.1 Å². The average Bonchev–Trinajstić information content (AvgIpc) is 3.23.